The quantitative estimate of drug-likeness (QED) is 0.164. The van der Waals surface area contributed by atoms with Crippen LogP contribution in [-0.2, 0) is 29.1 Å². The van der Waals surface area contributed by atoms with E-state index in [0.29, 0.717) is 23.3 Å². The Morgan fingerprint density at radius 1 is 0.489 bits per heavy atom. The molecule has 1 spiro atoms. The lowest BCUT2D eigenvalue weighted by Gasteiger charge is -2.47. The minimum atomic E-state index is -0.227. The van der Waals surface area contributed by atoms with Crippen LogP contribution in [0.3, 0.4) is 0 Å². The van der Waals surface area contributed by atoms with Crippen molar-refractivity contribution in [3.05, 3.63) is 57.6 Å². The molecule has 0 saturated heterocycles. The molecule has 2 aliphatic rings. The minimum Gasteiger partial charge on any atom is -0.508 e. The third kappa shape index (κ3) is 5.77. The van der Waals surface area contributed by atoms with Crippen molar-refractivity contribution in [2.45, 2.75) is 187 Å². The van der Waals surface area contributed by atoms with Gasteiger partial charge in [-0.1, -0.05) is 132 Å². The molecule has 2 N–H and O–H groups in total. The normalized spacial score (nSPS) is 22.7. The van der Waals surface area contributed by atoms with Crippen LogP contribution < -0.4 is 0 Å². The third-order valence-corrected chi connectivity index (χ3v) is 13.6. The summed E-state index contributed by atoms with van der Waals surface area (Å²) < 4.78 is 0. The second kappa shape index (κ2) is 15.3. The molecule has 2 heteroatoms. The van der Waals surface area contributed by atoms with Crippen molar-refractivity contribution in [2.24, 2.45) is 11.8 Å². The van der Waals surface area contributed by atoms with E-state index in [-0.39, 0.29) is 16.2 Å². The van der Waals surface area contributed by atoms with Gasteiger partial charge in [-0.05, 0) is 120 Å². The molecular weight excluding hydrogens is 548 g/mol. The molecule has 0 heterocycles. The van der Waals surface area contributed by atoms with E-state index < -0.39 is 0 Å². The van der Waals surface area contributed by atoms with Gasteiger partial charge in [0.05, 0.1) is 0 Å². The van der Waals surface area contributed by atoms with Crippen molar-refractivity contribution in [1.82, 2.24) is 0 Å². The molecule has 0 fully saturated rings. The average molecular weight is 617 g/mol. The molecule has 4 rings (SSSR count). The highest BCUT2D eigenvalue weighted by atomic mass is 16.3. The zero-order valence-corrected chi connectivity index (χ0v) is 30.6. The first-order valence-electron chi connectivity index (χ1n) is 19.4. The first kappa shape index (κ1) is 35.9. The Labute approximate surface area is 277 Å². The fourth-order valence-electron chi connectivity index (χ4n) is 10.9. The van der Waals surface area contributed by atoms with Crippen LogP contribution in [0.25, 0.3) is 0 Å². The Morgan fingerprint density at radius 2 is 0.822 bits per heavy atom. The Hall–Kier alpha value is -1.96. The topological polar surface area (TPSA) is 40.5 Å². The Balaban J connectivity index is 1.97. The molecule has 2 aromatic carbocycles. The van der Waals surface area contributed by atoms with Gasteiger partial charge < -0.3 is 10.2 Å². The fraction of sp³-hybridized carbons (Fsp3) is 0.721. The van der Waals surface area contributed by atoms with Crippen LogP contribution in [0.4, 0.5) is 0 Å². The van der Waals surface area contributed by atoms with Gasteiger partial charge in [0.1, 0.15) is 11.5 Å². The number of rotatable bonds is 18. The SMILES string of the molecule is CCCCCCCCc1c(O)ccc2c1C1(c3c(ccc(O)c3CCCCCCCC)C(CC)(CC)C1C)C(C)C2(CC)CC. The van der Waals surface area contributed by atoms with E-state index in [0.717, 1.165) is 51.4 Å². The van der Waals surface area contributed by atoms with Crippen LogP contribution in [0.1, 0.15) is 192 Å². The van der Waals surface area contributed by atoms with Gasteiger partial charge in [-0.3, -0.25) is 0 Å². The summed E-state index contributed by atoms with van der Waals surface area (Å²) in [6.45, 7) is 19.3. The number of unbranched alkanes of at least 4 members (excludes halogenated alkanes) is 10. The highest BCUT2D eigenvalue weighted by Gasteiger charge is 2.68. The van der Waals surface area contributed by atoms with Crippen LogP contribution in [0, 0.1) is 11.8 Å². The van der Waals surface area contributed by atoms with E-state index >= 15 is 0 Å². The molecule has 2 aromatic rings. The summed E-state index contributed by atoms with van der Waals surface area (Å²) in [6, 6.07) is 8.69. The number of aromatic hydroxyl groups is 2. The monoisotopic (exact) mass is 617 g/mol. The first-order chi connectivity index (χ1) is 21.7. The number of fused-ring (bicyclic) bond motifs is 4. The van der Waals surface area contributed by atoms with Crippen molar-refractivity contribution in [3.8, 4) is 11.5 Å². The van der Waals surface area contributed by atoms with E-state index in [4.69, 9.17) is 0 Å². The summed E-state index contributed by atoms with van der Waals surface area (Å²) in [4.78, 5) is 0. The van der Waals surface area contributed by atoms with Crippen LogP contribution in [-0.4, -0.2) is 10.2 Å². The van der Waals surface area contributed by atoms with E-state index in [9.17, 15) is 10.2 Å². The predicted molar refractivity (Wildman–Crippen MR) is 194 cm³/mol. The lowest BCUT2D eigenvalue weighted by molar-refractivity contribution is 0.128. The highest BCUT2D eigenvalue weighted by Crippen LogP contribution is 2.72. The molecular formula is C43H68O2. The standard InChI is InChI=1S/C43H68O2/c1-9-15-17-19-21-23-25-33-37(44)29-27-35-39(33)43(31(7)41(35,11-3)12-4)32(8)42(13-5,14-6)36-28-30-38(45)34(40(36)43)26-24-22-20-18-16-10-2/h27-32,44-45H,9-26H2,1-8H3. The van der Waals surface area contributed by atoms with E-state index in [2.05, 4.69) is 67.5 Å². The first-order valence-corrected chi connectivity index (χ1v) is 19.4. The molecule has 252 valence electrons. The summed E-state index contributed by atoms with van der Waals surface area (Å²) in [6.07, 6.45) is 21.3. The maximum absolute atomic E-state index is 11.8. The summed E-state index contributed by atoms with van der Waals surface area (Å²) in [7, 11) is 0. The average Bonchev–Trinajstić information content (AvgIpc) is 3.41. The highest BCUT2D eigenvalue weighted by molar-refractivity contribution is 5.69. The lowest BCUT2D eigenvalue weighted by Crippen LogP contribution is -2.46. The van der Waals surface area contributed by atoms with Crippen molar-refractivity contribution < 1.29 is 10.2 Å². The van der Waals surface area contributed by atoms with E-state index in [1.54, 1.807) is 0 Å². The number of hydrogen-bond acceptors (Lipinski definition) is 2. The van der Waals surface area contributed by atoms with Gasteiger partial charge in [0.15, 0.2) is 0 Å². The van der Waals surface area contributed by atoms with Crippen LogP contribution >= 0.6 is 0 Å². The molecule has 0 amide bonds. The second-order valence-electron chi connectivity index (χ2n) is 15.0. The van der Waals surface area contributed by atoms with Crippen LogP contribution in [0.5, 0.6) is 11.5 Å². The lowest BCUT2D eigenvalue weighted by atomic mass is 9.56. The largest absolute Gasteiger partial charge is 0.508 e. The Morgan fingerprint density at radius 3 is 1.16 bits per heavy atom. The van der Waals surface area contributed by atoms with Crippen molar-refractivity contribution >= 4 is 0 Å². The maximum atomic E-state index is 11.8. The van der Waals surface area contributed by atoms with Crippen LogP contribution in [0.2, 0.25) is 0 Å². The van der Waals surface area contributed by atoms with E-state index in [1.165, 1.54) is 97.6 Å². The number of hydrogen-bond donors (Lipinski definition) is 2. The van der Waals surface area contributed by atoms with Crippen molar-refractivity contribution in [2.75, 3.05) is 0 Å². The molecule has 2 nitrogen and oxygen atoms in total. The molecule has 0 saturated carbocycles. The molecule has 0 bridgehead atoms. The maximum Gasteiger partial charge on any atom is 0.119 e. The zero-order valence-electron chi connectivity index (χ0n) is 30.6. The summed E-state index contributed by atoms with van der Waals surface area (Å²) in [5, 5.41) is 23.5. The molecule has 2 aliphatic carbocycles. The smallest absolute Gasteiger partial charge is 0.119 e. The minimum absolute atomic E-state index is 0.0465. The van der Waals surface area contributed by atoms with Gasteiger partial charge in [0, 0.05) is 5.41 Å². The molecule has 2 unspecified atom stereocenters. The Bertz CT molecular complexity index is 1150. The zero-order chi connectivity index (χ0) is 32.8. The summed E-state index contributed by atoms with van der Waals surface area (Å²) >= 11 is 0. The molecule has 0 aromatic heterocycles. The molecule has 45 heavy (non-hydrogen) atoms. The van der Waals surface area contributed by atoms with Gasteiger partial charge in [-0.25, -0.2) is 0 Å². The molecule has 0 radical (unpaired) electrons. The second-order valence-corrected chi connectivity index (χ2v) is 15.0. The van der Waals surface area contributed by atoms with Crippen molar-refractivity contribution in [3.63, 3.8) is 0 Å². The molecule has 2 atom stereocenters. The fourth-order valence-corrected chi connectivity index (χ4v) is 10.9. The number of phenols is 2. The number of benzene rings is 2. The van der Waals surface area contributed by atoms with E-state index in [1.807, 2.05) is 12.1 Å². The summed E-state index contributed by atoms with van der Waals surface area (Å²) in [5.74, 6) is 1.74. The molecule has 0 aliphatic heterocycles. The third-order valence-electron chi connectivity index (χ3n) is 13.6. The van der Waals surface area contributed by atoms with Gasteiger partial charge >= 0.3 is 0 Å². The van der Waals surface area contributed by atoms with Gasteiger partial charge in [0.25, 0.3) is 0 Å². The van der Waals surface area contributed by atoms with Gasteiger partial charge in [-0.15, -0.1) is 0 Å². The Kier molecular flexibility index (Phi) is 12.2. The summed E-state index contributed by atoms with van der Waals surface area (Å²) in [5.41, 5.74) is 8.20. The predicted octanol–water partition coefficient (Wildman–Crippen LogP) is 12.6. The van der Waals surface area contributed by atoms with Gasteiger partial charge in [0.2, 0.25) is 0 Å². The van der Waals surface area contributed by atoms with Gasteiger partial charge in [-0.2, -0.15) is 0 Å². The van der Waals surface area contributed by atoms with Crippen LogP contribution in [0.15, 0.2) is 24.3 Å². The van der Waals surface area contributed by atoms with Crippen molar-refractivity contribution in [1.29, 1.82) is 0 Å². The number of phenolic OH excluding ortho intramolecular Hbond substituents is 2.